The summed E-state index contributed by atoms with van der Waals surface area (Å²) >= 11 is 3.23. The molecule has 0 aromatic heterocycles. The summed E-state index contributed by atoms with van der Waals surface area (Å²) in [6.45, 7) is 6.85. The second-order valence-electron chi connectivity index (χ2n) is 5.51. The van der Waals surface area contributed by atoms with Crippen LogP contribution in [0.4, 0.5) is 0 Å². The van der Waals surface area contributed by atoms with Crippen LogP contribution >= 0.6 is 15.9 Å². The molecule has 8 heteroatoms. The number of amides is 1. The van der Waals surface area contributed by atoms with E-state index in [1.54, 1.807) is 24.3 Å². The monoisotopic (exact) mass is 450 g/mol. The summed E-state index contributed by atoms with van der Waals surface area (Å²) in [5.41, 5.74) is 3.52. The van der Waals surface area contributed by atoms with Gasteiger partial charge in [-0.2, -0.15) is 5.10 Å². The summed E-state index contributed by atoms with van der Waals surface area (Å²) in [6.07, 6.45) is 1.48. The van der Waals surface area contributed by atoms with Gasteiger partial charge in [0.1, 0.15) is 5.75 Å². The molecule has 0 atom stereocenters. The Kier molecular flexibility index (Phi) is 8.13. The maximum Gasteiger partial charge on any atom is 0.271 e. The quantitative estimate of drug-likeness (QED) is 0.443. The van der Waals surface area contributed by atoms with Gasteiger partial charge in [-0.25, -0.2) is 5.43 Å². The fourth-order valence-corrected chi connectivity index (χ4v) is 2.75. The van der Waals surface area contributed by atoms with E-state index in [0.29, 0.717) is 52.7 Å². The number of hydrogen-bond acceptors (Lipinski definition) is 6. The number of halogens is 1. The first-order chi connectivity index (χ1) is 13.5. The van der Waals surface area contributed by atoms with Crippen LogP contribution in [0.25, 0.3) is 0 Å². The molecule has 0 aliphatic carbocycles. The van der Waals surface area contributed by atoms with Gasteiger partial charge in [-0.3, -0.25) is 4.79 Å². The van der Waals surface area contributed by atoms with Crippen molar-refractivity contribution in [1.82, 2.24) is 5.43 Å². The van der Waals surface area contributed by atoms with Crippen LogP contribution in [0.3, 0.4) is 0 Å². The summed E-state index contributed by atoms with van der Waals surface area (Å²) < 4.78 is 17.4. The fraction of sp³-hybridized carbons (Fsp3) is 0.300. The van der Waals surface area contributed by atoms with Crippen LogP contribution < -0.4 is 19.6 Å². The number of nitrogens with one attached hydrogen (secondary N) is 1. The van der Waals surface area contributed by atoms with E-state index >= 15 is 0 Å². The minimum Gasteiger partial charge on any atom is -0.507 e. The number of hydrogen-bond donors (Lipinski definition) is 2. The van der Waals surface area contributed by atoms with E-state index in [0.717, 1.165) is 0 Å². The first kappa shape index (κ1) is 21.6. The van der Waals surface area contributed by atoms with Crippen LogP contribution in [-0.4, -0.2) is 37.0 Å². The lowest BCUT2D eigenvalue weighted by Crippen LogP contribution is -2.18. The summed E-state index contributed by atoms with van der Waals surface area (Å²) in [4.78, 5) is 12.5. The number of aromatic hydroxyl groups is 1. The Morgan fingerprint density at radius 3 is 2.21 bits per heavy atom. The number of benzene rings is 2. The van der Waals surface area contributed by atoms with Crippen LogP contribution in [0, 0.1) is 0 Å². The molecule has 150 valence electrons. The van der Waals surface area contributed by atoms with E-state index in [4.69, 9.17) is 14.2 Å². The van der Waals surface area contributed by atoms with Crippen LogP contribution in [0.1, 0.15) is 36.7 Å². The lowest BCUT2D eigenvalue weighted by Gasteiger charge is -2.16. The zero-order valence-electron chi connectivity index (χ0n) is 16.0. The van der Waals surface area contributed by atoms with Crippen molar-refractivity contribution in [2.75, 3.05) is 19.8 Å². The lowest BCUT2D eigenvalue weighted by molar-refractivity contribution is 0.0954. The van der Waals surface area contributed by atoms with E-state index < -0.39 is 5.91 Å². The Labute approximate surface area is 172 Å². The smallest absolute Gasteiger partial charge is 0.271 e. The number of phenols is 1. The molecule has 0 unspecified atom stereocenters. The minimum absolute atomic E-state index is 0.127. The second-order valence-corrected chi connectivity index (χ2v) is 6.36. The van der Waals surface area contributed by atoms with Gasteiger partial charge in [0.15, 0.2) is 11.5 Å². The zero-order valence-corrected chi connectivity index (χ0v) is 17.6. The standard InChI is InChI=1S/C20H23BrN2O5/c1-4-26-17-10-14(11-18(27-5-2)19(17)28-6-3)20(25)23-22-12-13-7-8-16(24)15(21)9-13/h7-12,24H,4-6H2,1-3H3,(H,23,25)/b22-12+. The molecule has 0 saturated heterocycles. The molecule has 0 heterocycles. The summed E-state index contributed by atoms with van der Waals surface area (Å²) in [7, 11) is 0. The molecular formula is C20H23BrN2O5. The Hall–Kier alpha value is -2.74. The molecule has 0 aliphatic heterocycles. The summed E-state index contributed by atoms with van der Waals surface area (Å²) in [5, 5.41) is 13.5. The molecule has 0 aliphatic rings. The molecule has 1 amide bonds. The lowest BCUT2D eigenvalue weighted by atomic mass is 10.1. The molecule has 0 bridgehead atoms. The van der Waals surface area contributed by atoms with Crippen LogP contribution in [0.15, 0.2) is 39.9 Å². The highest BCUT2D eigenvalue weighted by Crippen LogP contribution is 2.39. The molecule has 0 radical (unpaired) electrons. The van der Waals surface area contributed by atoms with Crippen molar-refractivity contribution in [3.63, 3.8) is 0 Å². The number of rotatable bonds is 9. The van der Waals surface area contributed by atoms with E-state index in [-0.39, 0.29) is 5.75 Å². The molecule has 0 spiro atoms. The highest BCUT2D eigenvalue weighted by molar-refractivity contribution is 9.10. The average molecular weight is 451 g/mol. The van der Waals surface area contributed by atoms with Gasteiger partial charge in [0.05, 0.1) is 30.5 Å². The van der Waals surface area contributed by atoms with Crippen LogP contribution in [0.5, 0.6) is 23.0 Å². The first-order valence-electron chi connectivity index (χ1n) is 8.88. The zero-order chi connectivity index (χ0) is 20.5. The Balaban J connectivity index is 2.23. The van der Waals surface area contributed by atoms with Gasteiger partial charge in [0, 0.05) is 5.56 Å². The predicted molar refractivity (Wildman–Crippen MR) is 111 cm³/mol. The van der Waals surface area contributed by atoms with Gasteiger partial charge in [-0.15, -0.1) is 0 Å². The van der Waals surface area contributed by atoms with Gasteiger partial charge >= 0.3 is 0 Å². The van der Waals surface area contributed by atoms with Crippen molar-refractivity contribution in [2.45, 2.75) is 20.8 Å². The van der Waals surface area contributed by atoms with Crippen LogP contribution in [0.2, 0.25) is 0 Å². The van der Waals surface area contributed by atoms with Crippen molar-refractivity contribution in [1.29, 1.82) is 0 Å². The molecule has 28 heavy (non-hydrogen) atoms. The molecule has 2 rings (SSSR count). The highest BCUT2D eigenvalue weighted by atomic mass is 79.9. The van der Waals surface area contributed by atoms with E-state index in [1.807, 2.05) is 20.8 Å². The third-order valence-electron chi connectivity index (χ3n) is 3.52. The molecule has 0 fully saturated rings. The largest absolute Gasteiger partial charge is 0.507 e. The molecular weight excluding hydrogens is 428 g/mol. The Bertz CT molecular complexity index is 827. The van der Waals surface area contributed by atoms with Crippen molar-refractivity contribution in [3.05, 3.63) is 45.9 Å². The van der Waals surface area contributed by atoms with Crippen molar-refractivity contribution in [2.24, 2.45) is 5.10 Å². The Morgan fingerprint density at radius 1 is 1.07 bits per heavy atom. The van der Waals surface area contributed by atoms with Crippen molar-refractivity contribution in [3.8, 4) is 23.0 Å². The number of phenolic OH excluding ortho intramolecular Hbond substituents is 1. The number of carbonyl (C=O) groups excluding carboxylic acids is 1. The molecule has 2 aromatic carbocycles. The number of carbonyl (C=O) groups is 1. The van der Waals surface area contributed by atoms with E-state index in [1.165, 1.54) is 12.3 Å². The number of ether oxygens (including phenoxy) is 3. The van der Waals surface area contributed by atoms with Crippen molar-refractivity contribution < 1.29 is 24.1 Å². The minimum atomic E-state index is -0.418. The van der Waals surface area contributed by atoms with E-state index in [2.05, 4.69) is 26.5 Å². The Morgan fingerprint density at radius 2 is 1.68 bits per heavy atom. The molecule has 2 N–H and O–H groups in total. The molecule has 0 saturated carbocycles. The predicted octanol–water partition coefficient (Wildman–Crippen LogP) is 4.11. The topological polar surface area (TPSA) is 89.4 Å². The second kappa shape index (κ2) is 10.6. The van der Waals surface area contributed by atoms with Gasteiger partial charge in [0.25, 0.3) is 5.91 Å². The van der Waals surface area contributed by atoms with Gasteiger partial charge in [-0.1, -0.05) is 0 Å². The first-order valence-corrected chi connectivity index (χ1v) is 9.67. The maximum absolute atomic E-state index is 12.5. The van der Waals surface area contributed by atoms with Crippen LogP contribution in [-0.2, 0) is 0 Å². The highest BCUT2D eigenvalue weighted by Gasteiger charge is 2.18. The number of hydrazone groups is 1. The number of nitrogens with zero attached hydrogens (tertiary/aromatic N) is 1. The molecule has 7 nitrogen and oxygen atoms in total. The fourth-order valence-electron chi connectivity index (χ4n) is 2.35. The van der Waals surface area contributed by atoms with E-state index in [9.17, 15) is 9.90 Å². The third kappa shape index (κ3) is 5.63. The third-order valence-corrected chi connectivity index (χ3v) is 4.16. The van der Waals surface area contributed by atoms with Crippen molar-refractivity contribution >= 4 is 28.1 Å². The molecule has 2 aromatic rings. The van der Waals surface area contributed by atoms with Gasteiger partial charge < -0.3 is 19.3 Å². The van der Waals surface area contributed by atoms with Gasteiger partial charge in [-0.05, 0) is 72.6 Å². The summed E-state index contributed by atoms with van der Waals surface area (Å²) in [6, 6.07) is 8.08. The normalized spacial score (nSPS) is 10.7. The van der Waals surface area contributed by atoms with Gasteiger partial charge in [0.2, 0.25) is 5.75 Å². The SMILES string of the molecule is CCOc1cc(C(=O)N/N=C/c2ccc(O)c(Br)c2)cc(OCC)c1OCC. The summed E-state index contributed by atoms with van der Waals surface area (Å²) in [5.74, 6) is 1.06. The maximum atomic E-state index is 12.5. The average Bonchev–Trinajstić information content (AvgIpc) is 2.67.